The van der Waals surface area contributed by atoms with Gasteiger partial charge in [0.2, 0.25) is 0 Å². The molecule has 8 nitrogen and oxygen atoms in total. The Balaban J connectivity index is 1.75. The van der Waals surface area contributed by atoms with Crippen LogP contribution in [0.4, 0.5) is 9.59 Å². The van der Waals surface area contributed by atoms with Crippen molar-refractivity contribution in [2.24, 2.45) is 0 Å². The summed E-state index contributed by atoms with van der Waals surface area (Å²) in [4.78, 5) is 35.7. The van der Waals surface area contributed by atoms with Gasteiger partial charge in [0.05, 0.1) is 0 Å². The third kappa shape index (κ3) is 9.20. The van der Waals surface area contributed by atoms with Crippen molar-refractivity contribution in [2.75, 3.05) is 0 Å². The molecule has 2 rings (SSSR count). The average Bonchev–Trinajstić information content (AvgIpc) is 2.71. The Kier molecular flexibility index (Phi) is 8.43. The fraction of sp³-hybridized carbons (Fsp3) is 0.348. The number of esters is 1. The van der Waals surface area contributed by atoms with Crippen molar-refractivity contribution in [1.29, 1.82) is 0 Å². The van der Waals surface area contributed by atoms with Gasteiger partial charge in [0.15, 0.2) is 0 Å². The molecule has 0 fully saturated rings. The average molecular weight is 428 g/mol. The molecule has 2 amide bonds. The first kappa shape index (κ1) is 23.7. The van der Waals surface area contributed by atoms with Gasteiger partial charge in [-0.05, 0) is 51.0 Å². The number of carbonyl (C=O) groups excluding carboxylic acids is 3. The number of ether oxygens (including phenoxy) is 3. The predicted octanol–water partition coefficient (Wildman–Crippen LogP) is 3.93. The summed E-state index contributed by atoms with van der Waals surface area (Å²) in [6, 6.07) is 15.0. The van der Waals surface area contributed by atoms with E-state index >= 15 is 0 Å². The van der Waals surface area contributed by atoms with Gasteiger partial charge in [-0.2, -0.15) is 0 Å². The second-order valence-corrected chi connectivity index (χ2v) is 7.85. The minimum Gasteiger partial charge on any atom is -0.445 e. The van der Waals surface area contributed by atoms with Gasteiger partial charge in [0.25, 0.3) is 0 Å². The van der Waals surface area contributed by atoms with Crippen molar-refractivity contribution in [3.63, 3.8) is 0 Å². The maximum atomic E-state index is 12.2. The molecule has 2 aromatic carbocycles. The summed E-state index contributed by atoms with van der Waals surface area (Å²) < 4.78 is 15.5. The molecule has 0 bridgehead atoms. The Morgan fingerprint density at radius 3 is 2.16 bits per heavy atom. The van der Waals surface area contributed by atoms with Crippen LogP contribution in [-0.4, -0.2) is 29.8 Å². The molecule has 0 aliphatic heterocycles. The zero-order chi connectivity index (χ0) is 22.9. The van der Waals surface area contributed by atoms with Gasteiger partial charge in [0.1, 0.15) is 24.0 Å². The van der Waals surface area contributed by atoms with E-state index < -0.39 is 29.8 Å². The quantitative estimate of drug-likeness (QED) is 0.512. The summed E-state index contributed by atoms with van der Waals surface area (Å²) >= 11 is 0. The van der Waals surface area contributed by atoms with E-state index in [4.69, 9.17) is 14.2 Å². The second kappa shape index (κ2) is 11.0. The van der Waals surface area contributed by atoms with Crippen molar-refractivity contribution in [3.8, 4) is 5.75 Å². The molecular weight excluding hydrogens is 400 g/mol. The lowest BCUT2D eigenvalue weighted by atomic mass is 10.2. The highest BCUT2D eigenvalue weighted by Gasteiger charge is 2.19. The van der Waals surface area contributed by atoms with Crippen LogP contribution in [0.1, 0.15) is 38.8 Å². The molecule has 1 unspecified atom stereocenters. The SMILES string of the molecule is CC(NC(=O)OCc1ccccc1)C(=O)Oc1ccc(CNC(=O)OC(C)(C)C)cc1. The minimum absolute atomic E-state index is 0.104. The molecule has 0 aliphatic carbocycles. The molecule has 166 valence electrons. The molecule has 0 aliphatic rings. The van der Waals surface area contributed by atoms with E-state index in [0.29, 0.717) is 5.75 Å². The van der Waals surface area contributed by atoms with Crippen LogP contribution in [0.15, 0.2) is 54.6 Å². The number of hydrogen-bond acceptors (Lipinski definition) is 6. The lowest BCUT2D eigenvalue weighted by molar-refractivity contribution is -0.136. The summed E-state index contributed by atoms with van der Waals surface area (Å²) in [6.45, 7) is 7.24. The number of amides is 2. The summed E-state index contributed by atoms with van der Waals surface area (Å²) in [5.74, 6) is -0.311. The molecule has 0 saturated heterocycles. The van der Waals surface area contributed by atoms with Crippen LogP contribution >= 0.6 is 0 Å². The van der Waals surface area contributed by atoms with E-state index in [9.17, 15) is 14.4 Å². The largest absolute Gasteiger partial charge is 0.445 e. The Labute approximate surface area is 181 Å². The predicted molar refractivity (Wildman–Crippen MR) is 114 cm³/mol. The number of carbonyl (C=O) groups is 3. The van der Waals surface area contributed by atoms with Gasteiger partial charge in [-0.25, -0.2) is 14.4 Å². The van der Waals surface area contributed by atoms with Gasteiger partial charge >= 0.3 is 18.2 Å². The van der Waals surface area contributed by atoms with Crippen LogP contribution in [0.5, 0.6) is 5.75 Å². The lowest BCUT2D eigenvalue weighted by Gasteiger charge is -2.19. The van der Waals surface area contributed by atoms with Crippen molar-refractivity contribution >= 4 is 18.2 Å². The number of alkyl carbamates (subject to hydrolysis) is 2. The molecule has 2 aromatic rings. The topological polar surface area (TPSA) is 103 Å². The van der Waals surface area contributed by atoms with E-state index in [2.05, 4.69) is 10.6 Å². The molecular formula is C23H28N2O6. The van der Waals surface area contributed by atoms with E-state index in [-0.39, 0.29) is 13.2 Å². The first-order valence-electron chi connectivity index (χ1n) is 9.87. The van der Waals surface area contributed by atoms with E-state index in [0.717, 1.165) is 11.1 Å². The highest BCUT2D eigenvalue weighted by atomic mass is 16.6. The van der Waals surface area contributed by atoms with E-state index in [1.807, 2.05) is 30.3 Å². The third-order valence-corrected chi connectivity index (χ3v) is 3.88. The number of rotatable bonds is 7. The molecule has 2 N–H and O–H groups in total. The summed E-state index contributed by atoms with van der Waals surface area (Å²) in [5.41, 5.74) is 1.08. The van der Waals surface area contributed by atoms with E-state index in [1.165, 1.54) is 6.92 Å². The second-order valence-electron chi connectivity index (χ2n) is 7.85. The number of benzene rings is 2. The maximum Gasteiger partial charge on any atom is 0.408 e. The van der Waals surface area contributed by atoms with Gasteiger partial charge in [-0.3, -0.25) is 0 Å². The molecule has 0 aromatic heterocycles. The van der Waals surface area contributed by atoms with Crippen molar-refractivity contribution in [3.05, 3.63) is 65.7 Å². The number of hydrogen-bond donors (Lipinski definition) is 2. The minimum atomic E-state index is -0.892. The standard InChI is InChI=1S/C23H28N2O6/c1-16(25-22(28)29-15-18-8-6-5-7-9-18)20(26)30-19-12-10-17(11-13-19)14-24-21(27)31-23(2,3)4/h5-13,16H,14-15H2,1-4H3,(H,24,27)(H,25,28). The first-order valence-corrected chi connectivity index (χ1v) is 9.87. The third-order valence-electron chi connectivity index (χ3n) is 3.88. The van der Waals surface area contributed by atoms with Gasteiger partial charge < -0.3 is 24.8 Å². The monoisotopic (exact) mass is 428 g/mol. The molecule has 0 spiro atoms. The molecule has 0 radical (unpaired) electrons. The van der Waals surface area contributed by atoms with Gasteiger partial charge in [-0.15, -0.1) is 0 Å². The van der Waals surface area contributed by atoms with Crippen LogP contribution in [0.25, 0.3) is 0 Å². The Bertz CT molecular complexity index is 875. The Hall–Kier alpha value is -3.55. The lowest BCUT2D eigenvalue weighted by Crippen LogP contribution is -2.41. The van der Waals surface area contributed by atoms with Crippen molar-refractivity contribution in [2.45, 2.75) is 52.5 Å². The van der Waals surface area contributed by atoms with Crippen LogP contribution in [-0.2, 0) is 27.4 Å². The van der Waals surface area contributed by atoms with Crippen molar-refractivity contribution < 1.29 is 28.6 Å². The smallest absolute Gasteiger partial charge is 0.408 e. The summed E-state index contributed by atoms with van der Waals surface area (Å²) in [7, 11) is 0. The Morgan fingerprint density at radius 1 is 0.903 bits per heavy atom. The van der Waals surface area contributed by atoms with Crippen LogP contribution in [0.3, 0.4) is 0 Å². The molecule has 1 atom stereocenters. The highest BCUT2D eigenvalue weighted by Crippen LogP contribution is 2.13. The van der Waals surface area contributed by atoms with Crippen LogP contribution in [0, 0.1) is 0 Å². The van der Waals surface area contributed by atoms with E-state index in [1.54, 1.807) is 45.0 Å². The van der Waals surface area contributed by atoms with Crippen molar-refractivity contribution in [1.82, 2.24) is 10.6 Å². The molecule has 31 heavy (non-hydrogen) atoms. The molecule has 0 saturated carbocycles. The normalized spacial score (nSPS) is 11.7. The highest BCUT2D eigenvalue weighted by molar-refractivity contribution is 5.82. The maximum absolute atomic E-state index is 12.2. The van der Waals surface area contributed by atoms with Crippen LogP contribution in [0.2, 0.25) is 0 Å². The summed E-state index contributed by atoms with van der Waals surface area (Å²) in [5, 5.41) is 5.08. The fourth-order valence-corrected chi connectivity index (χ4v) is 2.37. The zero-order valence-corrected chi connectivity index (χ0v) is 18.1. The first-order chi connectivity index (χ1) is 14.6. The van der Waals surface area contributed by atoms with Crippen LogP contribution < -0.4 is 15.4 Å². The molecule has 0 heterocycles. The number of nitrogens with one attached hydrogen (secondary N) is 2. The zero-order valence-electron chi connectivity index (χ0n) is 18.1. The van der Waals surface area contributed by atoms with Gasteiger partial charge in [0, 0.05) is 6.54 Å². The molecule has 8 heteroatoms. The fourth-order valence-electron chi connectivity index (χ4n) is 2.37. The Morgan fingerprint density at radius 2 is 1.55 bits per heavy atom. The summed E-state index contributed by atoms with van der Waals surface area (Å²) in [6.07, 6.45) is -1.22. The van der Waals surface area contributed by atoms with Gasteiger partial charge in [-0.1, -0.05) is 42.5 Å².